The van der Waals surface area contributed by atoms with Crippen LogP contribution in [0.5, 0.6) is 0 Å². The van der Waals surface area contributed by atoms with Crippen molar-refractivity contribution in [1.29, 1.82) is 0 Å². The minimum Gasteiger partial charge on any atom is -0.295 e. The van der Waals surface area contributed by atoms with Gasteiger partial charge in [0.15, 0.2) is 5.78 Å². The van der Waals surface area contributed by atoms with Gasteiger partial charge in [0.1, 0.15) is 0 Å². The van der Waals surface area contributed by atoms with Crippen LogP contribution in [-0.4, -0.2) is 5.78 Å². The van der Waals surface area contributed by atoms with E-state index in [1.165, 1.54) is 6.92 Å². The number of halogens is 2. The normalized spacial score (nSPS) is 8.89. The van der Waals surface area contributed by atoms with E-state index in [-0.39, 0.29) is 12.0 Å². The number of rotatable bonds is 2. The summed E-state index contributed by atoms with van der Waals surface area (Å²) < 4.78 is 23.2. The largest absolute Gasteiger partial charge is 0.295 e. The topological polar surface area (TPSA) is 17.1 Å². The molecule has 0 radical (unpaired) electrons. The molecule has 52 valence electrons. The molecule has 0 bridgehead atoms. The Morgan fingerprint density at radius 2 is 1.89 bits per heavy atom. The lowest BCUT2D eigenvalue weighted by Crippen LogP contribution is -1.95. The van der Waals surface area contributed by atoms with Crippen molar-refractivity contribution in [1.82, 2.24) is 0 Å². The highest BCUT2D eigenvalue weighted by Crippen LogP contribution is 2.11. The van der Waals surface area contributed by atoms with E-state index in [0.29, 0.717) is 0 Å². The van der Waals surface area contributed by atoms with Gasteiger partial charge in [-0.05, 0) is 13.3 Å². The second kappa shape index (κ2) is 3.33. The van der Waals surface area contributed by atoms with Gasteiger partial charge < -0.3 is 0 Å². The van der Waals surface area contributed by atoms with Crippen molar-refractivity contribution in [2.24, 2.45) is 0 Å². The second-order valence-corrected chi connectivity index (χ2v) is 1.65. The molecule has 0 saturated heterocycles. The van der Waals surface area contributed by atoms with Crippen LogP contribution in [0.1, 0.15) is 20.3 Å². The number of hydrogen-bond donors (Lipinski definition) is 0. The summed E-state index contributed by atoms with van der Waals surface area (Å²) in [6, 6.07) is 0. The van der Waals surface area contributed by atoms with E-state index in [1.807, 2.05) is 0 Å². The van der Waals surface area contributed by atoms with Crippen molar-refractivity contribution in [3.05, 3.63) is 11.7 Å². The molecule has 1 nitrogen and oxygen atoms in total. The lowest BCUT2D eigenvalue weighted by molar-refractivity contribution is -0.113. The first-order valence-corrected chi connectivity index (χ1v) is 2.64. The van der Waals surface area contributed by atoms with Gasteiger partial charge in [-0.25, -0.2) is 0 Å². The average Bonchev–Trinajstić information content (AvgIpc) is 1.64. The fourth-order valence-corrected chi connectivity index (χ4v) is 0.516. The molecule has 0 rings (SSSR count). The van der Waals surface area contributed by atoms with Crippen LogP contribution in [0.15, 0.2) is 11.7 Å². The molecule has 0 N–H and O–H groups in total. The monoisotopic (exact) mass is 134 g/mol. The summed E-state index contributed by atoms with van der Waals surface area (Å²) in [6.45, 7) is 2.66. The molecule has 0 fully saturated rings. The summed E-state index contributed by atoms with van der Waals surface area (Å²) in [4.78, 5) is 10.3. The van der Waals surface area contributed by atoms with E-state index >= 15 is 0 Å². The van der Waals surface area contributed by atoms with E-state index in [1.54, 1.807) is 0 Å². The minimum atomic E-state index is -1.86. The molecule has 0 aliphatic heterocycles. The highest BCUT2D eigenvalue weighted by Gasteiger charge is 2.07. The highest BCUT2D eigenvalue weighted by atomic mass is 19.3. The van der Waals surface area contributed by atoms with Gasteiger partial charge >= 0.3 is 0 Å². The lowest BCUT2D eigenvalue weighted by Gasteiger charge is -1.93. The van der Waals surface area contributed by atoms with Gasteiger partial charge in [-0.3, -0.25) is 4.79 Å². The molecule has 0 amide bonds. The molecule has 0 aliphatic rings. The third-order valence-corrected chi connectivity index (χ3v) is 1.01. The van der Waals surface area contributed by atoms with Crippen LogP contribution < -0.4 is 0 Å². The third kappa shape index (κ3) is 2.35. The zero-order chi connectivity index (χ0) is 7.44. The van der Waals surface area contributed by atoms with Crippen molar-refractivity contribution in [3.63, 3.8) is 0 Å². The van der Waals surface area contributed by atoms with Crippen LogP contribution in [0.3, 0.4) is 0 Å². The van der Waals surface area contributed by atoms with Gasteiger partial charge in [-0.15, -0.1) is 0 Å². The summed E-state index contributed by atoms with van der Waals surface area (Å²) in [5, 5.41) is 0. The Morgan fingerprint density at radius 3 is 1.89 bits per heavy atom. The zero-order valence-corrected chi connectivity index (χ0v) is 5.37. The molecular formula is C6H8F2O. The molecule has 0 unspecified atom stereocenters. The predicted octanol–water partition coefficient (Wildman–Crippen LogP) is 2.14. The van der Waals surface area contributed by atoms with Crippen LogP contribution in [-0.2, 0) is 4.79 Å². The molecule has 0 aliphatic carbocycles. The molecule has 0 atom stereocenters. The Bertz CT molecular complexity index is 145. The number of hydrogen-bond acceptors (Lipinski definition) is 1. The molecule has 0 aromatic heterocycles. The first kappa shape index (κ1) is 8.27. The minimum absolute atomic E-state index is 0.109. The lowest BCUT2D eigenvalue weighted by atomic mass is 10.1. The van der Waals surface area contributed by atoms with E-state index < -0.39 is 11.9 Å². The first-order chi connectivity index (χ1) is 4.09. The van der Waals surface area contributed by atoms with Crippen LogP contribution in [0.4, 0.5) is 8.78 Å². The fraction of sp³-hybridized carbons (Fsp3) is 0.500. The van der Waals surface area contributed by atoms with Gasteiger partial charge in [0.2, 0.25) is 0 Å². The average molecular weight is 134 g/mol. The van der Waals surface area contributed by atoms with E-state index in [9.17, 15) is 13.6 Å². The molecule has 9 heavy (non-hydrogen) atoms. The maximum Gasteiger partial charge on any atom is 0.276 e. The van der Waals surface area contributed by atoms with Crippen molar-refractivity contribution >= 4 is 5.78 Å². The number of ketones is 1. The second-order valence-electron chi connectivity index (χ2n) is 1.65. The first-order valence-electron chi connectivity index (χ1n) is 2.64. The quantitative estimate of drug-likeness (QED) is 0.529. The van der Waals surface area contributed by atoms with Gasteiger partial charge in [0.25, 0.3) is 6.08 Å². The molecule has 3 heteroatoms. The van der Waals surface area contributed by atoms with Gasteiger partial charge in [-0.2, -0.15) is 8.78 Å². The number of carbonyl (C=O) groups is 1. The standard InChI is InChI=1S/C6H8F2O/c1-3-5(4(2)9)6(7)8/h3H2,1-2H3. The van der Waals surface area contributed by atoms with Crippen molar-refractivity contribution in [2.45, 2.75) is 20.3 Å². The molecule has 0 aromatic carbocycles. The van der Waals surface area contributed by atoms with Crippen LogP contribution in [0, 0.1) is 0 Å². The summed E-state index contributed by atoms with van der Waals surface area (Å²) >= 11 is 0. The molecule has 0 saturated carbocycles. The molecule has 0 spiro atoms. The zero-order valence-electron chi connectivity index (χ0n) is 5.37. The Morgan fingerprint density at radius 1 is 1.44 bits per heavy atom. The summed E-state index contributed by atoms with van der Waals surface area (Å²) in [5.74, 6) is -0.544. The van der Waals surface area contributed by atoms with E-state index in [0.717, 1.165) is 6.92 Å². The van der Waals surface area contributed by atoms with Crippen molar-refractivity contribution in [2.75, 3.05) is 0 Å². The summed E-state index contributed by atoms with van der Waals surface area (Å²) in [6.07, 6.45) is -1.75. The summed E-state index contributed by atoms with van der Waals surface area (Å²) in [5.41, 5.74) is -0.366. The maximum absolute atomic E-state index is 11.6. The van der Waals surface area contributed by atoms with Crippen LogP contribution in [0.2, 0.25) is 0 Å². The SMILES string of the molecule is CCC(C(C)=O)=C(F)F. The van der Waals surface area contributed by atoms with Gasteiger partial charge in [-0.1, -0.05) is 6.92 Å². The number of Topliss-reactive ketones (excluding diaryl/α,β-unsaturated/α-hetero) is 1. The molecular weight excluding hydrogens is 126 g/mol. The maximum atomic E-state index is 11.6. The Kier molecular flexibility index (Phi) is 3.06. The fourth-order valence-electron chi connectivity index (χ4n) is 0.516. The van der Waals surface area contributed by atoms with E-state index in [4.69, 9.17) is 0 Å². The third-order valence-electron chi connectivity index (χ3n) is 1.01. The summed E-state index contributed by atoms with van der Waals surface area (Å²) in [7, 11) is 0. The van der Waals surface area contributed by atoms with Gasteiger partial charge in [0, 0.05) is 0 Å². The number of allylic oxidation sites excluding steroid dienone is 1. The smallest absolute Gasteiger partial charge is 0.276 e. The van der Waals surface area contributed by atoms with Gasteiger partial charge in [0.05, 0.1) is 5.57 Å². The van der Waals surface area contributed by atoms with Crippen molar-refractivity contribution < 1.29 is 13.6 Å². The number of carbonyl (C=O) groups excluding carboxylic acids is 1. The Hall–Kier alpha value is -0.730. The predicted molar refractivity (Wildman–Crippen MR) is 30.2 cm³/mol. The molecule has 0 heterocycles. The van der Waals surface area contributed by atoms with E-state index in [2.05, 4.69) is 0 Å². The van der Waals surface area contributed by atoms with Crippen molar-refractivity contribution in [3.8, 4) is 0 Å². The highest BCUT2D eigenvalue weighted by molar-refractivity contribution is 5.93. The van der Waals surface area contributed by atoms with Crippen LogP contribution >= 0.6 is 0 Å². The van der Waals surface area contributed by atoms with Crippen LogP contribution in [0.25, 0.3) is 0 Å². The Labute approximate surface area is 52.4 Å². The Balaban J connectivity index is 4.35. The molecule has 0 aromatic rings.